The number of rotatable bonds is 7. The van der Waals surface area contributed by atoms with Gasteiger partial charge in [0.15, 0.2) is 11.6 Å². The molecule has 5 atom stereocenters. The van der Waals surface area contributed by atoms with Gasteiger partial charge in [-0.1, -0.05) is 43.3 Å². The molecule has 30 heavy (non-hydrogen) atoms. The molecule has 3 heterocycles. The minimum Gasteiger partial charge on any atom is -0.376 e. The van der Waals surface area contributed by atoms with Crippen LogP contribution in [-0.4, -0.2) is 48.9 Å². The van der Waals surface area contributed by atoms with Gasteiger partial charge in [0, 0.05) is 5.92 Å². The Hall–Kier alpha value is -1.28. The minimum atomic E-state index is -0.985. The summed E-state index contributed by atoms with van der Waals surface area (Å²) < 4.78 is 36.8. The smallest absolute Gasteiger partial charge is 0.220 e. The van der Waals surface area contributed by atoms with E-state index in [4.69, 9.17) is 28.4 Å². The topological polar surface area (TPSA) is 55.4 Å². The maximum atomic E-state index is 6.28. The third kappa shape index (κ3) is 4.64. The summed E-state index contributed by atoms with van der Waals surface area (Å²) in [7, 11) is 0. The normalized spacial score (nSPS) is 35.3. The molecule has 0 aromatic heterocycles. The first-order valence-corrected chi connectivity index (χ1v) is 10.9. The van der Waals surface area contributed by atoms with E-state index >= 15 is 0 Å². The molecule has 6 nitrogen and oxygen atoms in total. The first kappa shape index (κ1) is 21.9. The quantitative estimate of drug-likeness (QED) is 0.619. The van der Waals surface area contributed by atoms with Gasteiger partial charge in [-0.15, -0.1) is 0 Å². The van der Waals surface area contributed by atoms with Crippen LogP contribution in [0.3, 0.4) is 0 Å². The Morgan fingerprint density at radius 3 is 2.57 bits per heavy atom. The molecule has 4 rings (SSSR count). The second kappa shape index (κ2) is 8.34. The summed E-state index contributed by atoms with van der Waals surface area (Å²) in [5, 5.41) is 0. The van der Waals surface area contributed by atoms with E-state index in [9.17, 15) is 0 Å². The SMILES string of the molecule is CCC(/C=C/C12OC[C@H]3OC(C)(C)O[C@H]3[C@@H]1OC(C)(C)O2)COCc1ccccc1. The third-order valence-corrected chi connectivity index (χ3v) is 5.77. The lowest BCUT2D eigenvalue weighted by Gasteiger charge is -2.39. The number of hydrogen-bond donors (Lipinski definition) is 0. The highest BCUT2D eigenvalue weighted by atomic mass is 16.9. The highest BCUT2D eigenvalue weighted by Crippen LogP contribution is 2.48. The Bertz CT molecular complexity index is 745. The summed E-state index contributed by atoms with van der Waals surface area (Å²) in [6.45, 7) is 11.4. The van der Waals surface area contributed by atoms with Gasteiger partial charge in [-0.3, -0.25) is 0 Å². The molecule has 6 heteroatoms. The van der Waals surface area contributed by atoms with Gasteiger partial charge in [-0.2, -0.15) is 0 Å². The number of ether oxygens (including phenoxy) is 6. The largest absolute Gasteiger partial charge is 0.376 e. The van der Waals surface area contributed by atoms with Crippen molar-refractivity contribution in [2.75, 3.05) is 13.2 Å². The predicted octanol–water partition coefficient (Wildman–Crippen LogP) is 4.18. The fourth-order valence-corrected chi connectivity index (χ4v) is 4.38. The van der Waals surface area contributed by atoms with E-state index in [1.54, 1.807) is 0 Å². The first-order valence-electron chi connectivity index (χ1n) is 10.9. The average molecular weight is 419 g/mol. The van der Waals surface area contributed by atoms with Crippen LogP contribution < -0.4 is 0 Å². The summed E-state index contributed by atoms with van der Waals surface area (Å²) in [5.74, 6) is -2.17. The van der Waals surface area contributed by atoms with E-state index in [1.807, 2.05) is 52.0 Å². The van der Waals surface area contributed by atoms with Crippen molar-refractivity contribution in [3.63, 3.8) is 0 Å². The monoisotopic (exact) mass is 418 g/mol. The Morgan fingerprint density at radius 1 is 1.07 bits per heavy atom. The zero-order valence-corrected chi connectivity index (χ0v) is 18.6. The fraction of sp³-hybridized carbons (Fsp3) is 0.667. The van der Waals surface area contributed by atoms with Crippen LogP contribution in [-0.2, 0) is 35.0 Å². The molecule has 0 amide bonds. The summed E-state index contributed by atoms with van der Waals surface area (Å²) in [5.41, 5.74) is 1.17. The van der Waals surface area contributed by atoms with E-state index < -0.39 is 23.5 Å². The van der Waals surface area contributed by atoms with Crippen LogP contribution in [0.5, 0.6) is 0 Å². The molecule has 166 valence electrons. The van der Waals surface area contributed by atoms with Crippen molar-refractivity contribution in [3.05, 3.63) is 48.0 Å². The van der Waals surface area contributed by atoms with Crippen molar-refractivity contribution >= 4 is 0 Å². The van der Waals surface area contributed by atoms with Crippen LogP contribution in [0.1, 0.15) is 46.6 Å². The summed E-state index contributed by atoms with van der Waals surface area (Å²) >= 11 is 0. The second-order valence-electron chi connectivity index (χ2n) is 9.24. The lowest BCUT2D eigenvalue weighted by Crippen LogP contribution is -2.57. The standard InChI is InChI=1S/C24H34O6/c1-6-17(14-25-15-18-10-8-7-9-11-18)12-13-24-21(29-23(4,5)30-24)20-19(16-26-24)27-22(2,3)28-20/h7-13,17,19-21H,6,14-16H2,1-5H3/b13-12+/t17?,19-,20-,21+,24?/m1/s1. The molecule has 1 aromatic carbocycles. The van der Waals surface area contributed by atoms with Gasteiger partial charge in [0.25, 0.3) is 0 Å². The van der Waals surface area contributed by atoms with Gasteiger partial charge >= 0.3 is 0 Å². The van der Waals surface area contributed by atoms with E-state index in [2.05, 4.69) is 25.1 Å². The molecule has 3 saturated heterocycles. The summed E-state index contributed by atoms with van der Waals surface area (Å²) in [6, 6.07) is 10.2. The maximum absolute atomic E-state index is 6.28. The van der Waals surface area contributed by atoms with Gasteiger partial charge in [0.1, 0.15) is 18.3 Å². The van der Waals surface area contributed by atoms with Crippen molar-refractivity contribution in [2.24, 2.45) is 5.92 Å². The first-order chi connectivity index (χ1) is 14.2. The minimum absolute atomic E-state index is 0.166. The van der Waals surface area contributed by atoms with Gasteiger partial charge < -0.3 is 28.4 Å². The van der Waals surface area contributed by atoms with Crippen LogP contribution in [0.2, 0.25) is 0 Å². The van der Waals surface area contributed by atoms with Crippen LogP contribution >= 0.6 is 0 Å². The molecule has 2 unspecified atom stereocenters. The fourth-order valence-electron chi connectivity index (χ4n) is 4.38. The number of hydrogen-bond acceptors (Lipinski definition) is 6. The molecule has 0 aliphatic carbocycles. The molecule has 0 bridgehead atoms. The molecule has 3 aliphatic rings. The van der Waals surface area contributed by atoms with Crippen LogP contribution in [0.4, 0.5) is 0 Å². The van der Waals surface area contributed by atoms with E-state index in [0.29, 0.717) is 19.8 Å². The molecule has 0 N–H and O–H groups in total. The molecule has 0 radical (unpaired) electrons. The third-order valence-electron chi connectivity index (χ3n) is 5.77. The molecule has 0 saturated carbocycles. The molecular weight excluding hydrogens is 384 g/mol. The predicted molar refractivity (Wildman–Crippen MR) is 112 cm³/mol. The van der Waals surface area contributed by atoms with Gasteiger partial charge in [-0.05, 0) is 45.8 Å². The highest BCUT2D eigenvalue weighted by Gasteiger charge is 2.64. The van der Waals surface area contributed by atoms with Gasteiger partial charge in [0.2, 0.25) is 5.79 Å². The Kier molecular flexibility index (Phi) is 6.10. The van der Waals surface area contributed by atoms with Crippen LogP contribution in [0.25, 0.3) is 0 Å². The Morgan fingerprint density at radius 2 is 1.83 bits per heavy atom. The highest BCUT2D eigenvalue weighted by molar-refractivity contribution is 5.14. The Balaban J connectivity index is 1.44. The lowest BCUT2D eigenvalue weighted by molar-refractivity contribution is -0.253. The zero-order chi connectivity index (χ0) is 21.4. The van der Waals surface area contributed by atoms with Crippen molar-refractivity contribution in [2.45, 2.75) is 83.3 Å². The van der Waals surface area contributed by atoms with Crippen molar-refractivity contribution < 1.29 is 28.4 Å². The van der Waals surface area contributed by atoms with Crippen molar-refractivity contribution in [1.29, 1.82) is 0 Å². The van der Waals surface area contributed by atoms with Gasteiger partial charge in [-0.25, -0.2) is 0 Å². The van der Waals surface area contributed by atoms with Crippen LogP contribution in [0.15, 0.2) is 42.5 Å². The summed E-state index contributed by atoms with van der Waals surface area (Å²) in [6.07, 6.45) is 4.28. The van der Waals surface area contributed by atoms with E-state index in [1.165, 1.54) is 5.56 Å². The van der Waals surface area contributed by atoms with E-state index in [-0.39, 0.29) is 18.1 Å². The van der Waals surface area contributed by atoms with Crippen LogP contribution in [0, 0.1) is 5.92 Å². The van der Waals surface area contributed by atoms with Crippen molar-refractivity contribution in [3.8, 4) is 0 Å². The zero-order valence-electron chi connectivity index (χ0n) is 18.6. The summed E-state index contributed by atoms with van der Waals surface area (Å²) in [4.78, 5) is 0. The molecule has 3 aliphatic heterocycles. The van der Waals surface area contributed by atoms with E-state index in [0.717, 1.165) is 6.42 Å². The second-order valence-corrected chi connectivity index (χ2v) is 9.24. The molecule has 0 spiro atoms. The van der Waals surface area contributed by atoms with Gasteiger partial charge in [0.05, 0.1) is 19.8 Å². The maximum Gasteiger partial charge on any atom is 0.220 e. The van der Waals surface area contributed by atoms with Crippen molar-refractivity contribution in [1.82, 2.24) is 0 Å². The Labute approximate surface area is 179 Å². The number of fused-ring (bicyclic) bond motifs is 3. The molecule has 3 fully saturated rings. The molecule has 1 aromatic rings. The average Bonchev–Trinajstić information content (AvgIpc) is 3.16. The number of benzene rings is 1. The molecular formula is C24H34O6. The lowest BCUT2D eigenvalue weighted by atomic mass is 9.95.